The van der Waals surface area contributed by atoms with Gasteiger partial charge in [0.15, 0.2) is 5.82 Å². The van der Waals surface area contributed by atoms with Crippen LogP contribution >= 0.6 is 0 Å². The highest BCUT2D eigenvalue weighted by molar-refractivity contribution is 5.60. The summed E-state index contributed by atoms with van der Waals surface area (Å²) in [6, 6.07) is 10.5. The third kappa shape index (κ3) is 3.66. The second-order valence-electron chi connectivity index (χ2n) is 6.18. The lowest BCUT2D eigenvalue weighted by atomic mass is 10.1. The van der Waals surface area contributed by atoms with Crippen LogP contribution in [0.1, 0.15) is 11.1 Å². The third-order valence-corrected chi connectivity index (χ3v) is 4.56. The molecule has 1 aliphatic heterocycles. The Morgan fingerprint density at radius 2 is 1.77 bits per heavy atom. The van der Waals surface area contributed by atoms with Crippen LogP contribution in [0.2, 0.25) is 0 Å². The van der Waals surface area contributed by atoms with Crippen molar-refractivity contribution in [1.29, 1.82) is 0 Å². The molecule has 138 valence electrons. The van der Waals surface area contributed by atoms with E-state index >= 15 is 0 Å². The molecular weight excluding hydrogens is 344 g/mol. The number of hydrogen-bond acceptors (Lipinski definition) is 5. The summed E-state index contributed by atoms with van der Waals surface area (Å²) < 4.78 is 28.7. The third-order valence-electron chi connectivity index (χ3n) is 4.56. The summed E-state index contributed by atoms with van der Waals surface area (Å²) in [6.07, 6.45) is 0. The maximum absolute atomic E-state index is 14.4. The smallest absolute Gasteiger partial charge is 0.308 e. The van der Waals surface area contributed by atoms with Gasteiger partial charge in [0.25, 0.3) is 0 Å². The Hall–Kier alpha value is -2.58. The number of benzene rings is 2. The molecular formula is C18H19F2N3O3. The van der Waals surface area contributed by atoms with Gasteiger partial charge in [0.05, 0.1) is 23.3 Å². The van der Waals surface area contributed by atoms with E-state index in [2.05, 4.69) is 4.90 Å². The Morgan fingerprint density at radius 3 is 2.35 bits per heavy atom. The van der Waals surface area contributed by atoms with Crippen molar-refractivity contribution in [3.63, 3.8) is 0 Å². The Kier molecular flexibility index (Phi) is 5.43. The number of aliphatic hydroxyl groups is 1. The number of nitrogens with zero attached hydrogens (tertiary/aromatic N) is 3. The number of nitro benzene ring substituents is 1. The number of piperazine rings is 1. The molecule has 0 amide bonds. The predicted molar refractivity (Wildman–Crippen MR) is 92.9 cm³/mol. The summed E-state index contributed by atoms with van der Waals surface area (Å²) >= 11 is 0. The van der Waals surface area contributed by atoms with E-state index in [0.29, 0.717) is 32.2 Å². The SMILES string of the molecule is O=[N+]([O-])c1cc(F)c(N2CCN(Cc3ccccc3)CC2)c(CO)c1F. The number of hydrogen-bond donors (Lipinski definition) is 1. The van der Waals surface area contributed by atoms with Gasteiger partial charge >= 0.3 is 5.69 Å². The molecule has 1 N–H and O–H groups in total. The molecule has 0 spiro atoms. The normalized spacial score (nSPS) is 15.3. The van der Waals surface area contributed by atoms with Gasteiger partial charge in [0, 0.05) is 38.3 Å². The van der Waals surface area contributed by atoms with Crippen molar-refractivity contribution in [1.82, 2.24) is 4.90 Å². The van der Waals surface area contributed by atoms with Crippen molar-refractivity contribution in [3.05, 3.63) is 69.3 Å². The molecule has 0 atom stereocenters. The zero-order chi connectivity index (χ0) is 18.7. The van der Waals surface area contributed by atoms with E-state index in [-0.39, 0.29) is 11.3 Å². The van der Waals surface area contributed by atoms with Gasteiger partial charge in [-0.2, -0.15) is 4.39 Å². The first-order valence-corrected chi connectivity index (χ1v) is 8.28. The van der Waals surface area contributed by atoms with E-state index in [1.165, 1.54) is 5.56 Å². The lowest BCUT2D eigenvalue weighted by Gasteiger charge is -2.37. The molecule has 0 saturated carbocycles. The van der Waals surface area contributed by atoms with Crippen LogP contribution in [0.25, 0.3) is 0 Å². The number of aliphatic hydroxyl groups excluding tert-OH is 1. The average molecular weight is 363 g/mol. The van der Waals surface area contributed by atoms with Gasteiger partial charge in [-0.25, -0.2) is 4.39 Å². The molecule has 2 aromatic rings. The van der Waals surface area contributed by atoms with Crippen LogP contribution < -0.4 is 4.90 Å². The van der Waals surface area contributed by atoms with E-state index in [4.69, 9.17) is 0 Å². The fourth-order valence-corrected chi connectivity index (χ4v) is 3.24. The van der Waals surface area contributed by atoms with E-state index in [1.807, 2.05) is 30.3 Å². The fraction of sp³-hybridized carbons (Fsp3) is 0.333. The summed E-state index contributed by atoms with van der Waals surface area (Å²) in [5.41, 5.74) is -0.245. The number of rotatable bonds is 5. The van der Waals surface area contributed by atoms with Gasteiger partial charge < -0.3 is 10.0 Å². The van der Waals surface area contributed by atoms with Crippen LogP contribution in [0, 0.1) is 21.7 Å². The molecule has 6 nitrogen and oxygen atoms in total. The highest BCUT2D eigenvalue weighted by atomic mass is 19.1. The van der Waals surface area contributed by atoms with Gasteiger partial charge in [0.1, 0.15) is 0 Å². The first-order chi connectivity index (χ1) is 12.5. The minimum absolute atomic E-state index is 0.0880. The summed E-state index contributed by atoms with van der Waals surface area (Å²) in [5, 5.41) is 20.3. The summed E-state index contributed by atoms with van der Waals surface area (Å²) in [6.45, 7) is 2.11. The highest BCUT2D eigenvalue weighted by Gasteiger charge is 2.29. The zero-order valence-corrected chi connectivity index (χ0v) is 14.1. The highest BCUT2D eigenvalue weighted by Crippen LogP contribution is 2.33. The summed E-state index contributed by atoms with van der Waals surface area (Å²) in [7, 11) is 0. The molecule has 0 aliphatic carbocycles. The van der Waals surface area contributed by atoms with E-state index < -0.39 is 28.9 Å². The predicted octanol–water partition coefficient (Wildman–Crippen LogP) is 2.69. The van der Waals surface area contributed by atoms with Crippen LogP contribution in [-0.4, -0.2) is 41.1 Å². The van der Waals surface area contributed by atoms with Crippen LogP contribution in [0.4, 0.5) is 20.2 Å². The van der Waals surface area contributed by atoms with Crippen LogP contribution in [0.3, 0.4) is 0 Å². The van der Waals surface area contributed by atoms with Crippen molar-refractivity contribution < 1.29 is 18.8 Å². The molecule has 0 bridgehead atoms. The van der Waals surface area contributed by atoms with Gasteiger partial charge in [-0.05, 0) is 5.56 Å². The molecule has 1 heterocycles. The van der Waals surface area contributed by atoms with Crippen molar-refractivity contribution in [2.24, 2.45) is 0 Å². The summed E-state index contributed by atoms with van der Waals surface area (Å²) in [4.78, 5) is 13.7. The standard InChI is InChI=1S/C18H19F2N3O3/c19-15-10-16(23(25)26)17(20)14(12-24)18(15)22-8-6-21(7-9-22)11-13-4-2-1-3-5-13/h1-5,10,24H,6-9,11-12H2. The van der Waals surface area contributed by atoms with Crippen LogP contribution in [0.15, 0.2) is 36.4 Å². The number of halogens is 2. The lowest BCUT2D eigenvalue weighted by molar-refractivity contribution is -0.387. The van der Waals surface area contributed by atoms with Crippen molar-refractivity contribution >= 4 is 11.4 Å². The molecule has 8 heteroatoms. The Morgan fingerprint density at radius 1 is 1.12 bits per heavy atom. The van der Waals surface area contributed by atoms with E-state index in [9.17, 15) is 24.0 Å². The molecule has 0 radical (unpaired) electrons. The molecule has 3 rings (SSSR count). The molecule has 0 aromatic heterocycles. The van der Waals surface area contributed by atoms with Crippen molar-refractivity contribution in [3.8, 4) is 0 Å². The van der Waals surface area contributed by atoms with Gasteiger partial charge in [-0.1, -0.05) is 30.3 Å². The monoisotopic (exact) mass is 363 g/mol. The van der Waals surface area contributed by atoms with Crippen LogP contribution in [-0.2, 0) is 13.2 Å². The first kappa shape index (κ1) is 18.2. The number of nitro groups is 1. The molecule has 2 aromatic carbocycles. The largest absolute Gasteiger partial charge is 0.391 e. The molecule has 1 saturated heterocycles. The minimum atomic E-state index is -1.18. The van der Waals surface area contributed by atoms with Crippen molar-refractivity contribution in [2.75, 3.05) is 31.1 Å². The lowest BCUT2D eigenvalue weighted by Crippen LogP contribution is -2.46. The molecule has 26 heavy (non-hydrogen) atoms. The fourth-order valence-electron chi connectivity index (χ4n) is 3.24. The Balaban J connectivity index is 1.77. The maximum Gasteiger partial charge on any atom is 0.308 e. The van der Waals surface area contributed by atoms with Gasteiger partial charge in [-0.3, -0.25) is 15.0 Å². The minimum Gasteiger partial charge on any atom is -0.391 e. The Bertz CT molecular complexity index is 794. The van der Waals surface area contributed by atoms with Gasteiger partial charge in [0.2, 0.25) is 5.82 Å². The second kappa shape index (κ2) is 7.76. The van der Waals surface area contributed by atoms with Crippen LogP contribution in [0.5, 0.6) is 0 Å². The zero-order valence-electron chi connectivity index (χ0n) is 14.1. The maximum atomic E-state index is 14.4. The second-order valence-corrected chi connectivity index (χ2v) is 6.18. The Labute approximate surface area is 149 Å². The first-order valence-electron chi connectivity index (χ1n) is 8.28. The molecule has 1 aliphatic rings. The topological polar surface area (TPSA) is 69.9 Å². The quantitative estimate of drug-likeness (QED) is 0.653. The van der Waals surface area contributed by atoms with E-state index in [0.717, 1.165) is 6.54 Å². The van der Waals surface area contributed by atoms with Crippen molar-refractivity contribution in [2.45, 2.75) is 13.2 Å². The molecule has 1 fully saturated rings. The van der Waals surface area contributed by atoms with Gasteiger partial charge in [-0.15, -0.1) is 0 Å². The van der Waals surface area contributed by atoms with E-state index in [1.54, 1.807) is 4.90 Å². The molecule has 0 unspecified atom stereocenters. The average Bonchev–Trinajstić information content (AvgIpc) is 2.64. The summed E-state index contributed by atoms with van der Waals surface area (Å²) in [5.74, 6) is -2.07. The number of anilines is 1.